The molecule has 1 saturated heterocycles. The molecule has 136 valence electrons. The zero-order chi connectivity index (χ0) is 18.8. The molecular weight excluding hydrogens is 350 g/mol. The van der Waals surface area contributed by atoms with E-state index in [1.54, 1.807) is 24.3 Å². The van der Waals surface area contributed by atoms with Gasteiger partial charge in [-0.1, -0.05) is 12.1 Å². The molecule has 1 aromatic carbocycles. The van der Waals surface area contributed by atoms with Crippen molar-refractivity contribution in [3.05, 3.63) is 29.8 Å². The summed E-state index contributed by atoms with van der Waals surface area (Å²) in [7, 11) is -2.37. The molecule has 0 aliphatic carbocycles. The Bertz CT molecular complexity index is 785. The number of rotatable bonds is 7. The maximum atomic E-state index is 12.3. The van der Waals surface area contributed by atoms with Gasteiger partial charge in [0.1, 0.15) is 5.75 Å². The molecule has 25 heavy (non-hydrogen) atoms. The number of carboxylic acid groups (broad SMARTS) is 1. The van der Waals surface area contributed by atoms with Gasteiger partial charge in [-0.3, -0.25) is 9.59 Å². The highest BCUT2D eigenvalue weighted by Crippen LogP contribution is 2.36. The minimum atomic E-state index is -3.84. The van der Waals surface area contributed by atoms with Crippen molar-refractivity contribution in [2.45, 2.75) is 24.1 Å². The van der Waals surface area contributed by atoms with Gasteiger partial charge in [0.15, 0.2) is 15.1 Å². The van der Waals surface area contributed by atoms with Crippen molar-refractivity contribution in [2.75, 3.05) is 19.9 Å². The third kappa shape index (κ3) is 3.98. The van der Waals surface area contributed by atoms with Gasteiger partial charge in [-0.15, -0.1) is 0 Å². The number of aliphatic carboxylic acids is 1. The van der Waals surface area contributed by atoms with Crippen molar-refractivity contribution in [1.82, 2.24) is 4.90 Å². The summed E-state index contributed by atoms with van der Waals surface area (Å²) in [4.78, 5) is 36.2. The van der Waals surface area contributed by atoms with Gasteiger partial charge in [0.2, 0.25) is 5.78 Å². The molecule has 1 aliphatic rings. The molecule has 0 unspecified atom stereocenters. The monoisotopic (exact) mass is 368 g/mol. The van der Waals surface area contributed by atoms with E-state index in [0.29, 0.717) is 11.3 Å². The summed E-state index contributed by atoms with van der Waals surface area (Å²) in [5.41, 5.74) is 0.462. The highest BCUT2D eigenvalue weighted by Gasteiger charge is 2.52. The number of hydrogen-bond donors (Lipinski definition) is 0. The van der Waals surface area contributed by atoms with Crippen LogP contribution < -0.4 is 9.84 Å². The maximum Gasteiger partial charge on any atom is 0.292 e. The predicted molar refractivity (Wildman–Crippen MR) is 85.3 cm³/mol. The average Bonchev–Trinajstić information content (AvgIpc) is 2.79. The van der Waals surface area contributed by atoms with Gasteiger partial charge in [-0.05, 0) is 30.5 Å². The summed E-state index contributed by atoms with van der Waals surface area (Å²) in [6.07, 6.45) is 0.672. The Morgan fingerprint density at radius 1 is 1.24 bits per heavy atom. The average molecular weight is 368 g/mol. The molecule has 1 amide bonds. The number of nitrogens with zero attached hydrogens (tertiary/aromatic N) is 1. The lowest BCUT2D eigenvalue weighted by molar-refractivity contribution is -0.305. The van der Waals surface area contributed by atoms with Gasteiger partial charge < -0.3 is 19.5 Å². The van der Waals surface area contributed by atoms with E-state index >= 15 is 0 Å². The highest BCUT2D eigenvalue weighted by atomic mass is 32.2. The van der Waals surface area contributed by atoms with Gasteiger partial charge in [-0.2, -0.15) is 0 Å². The summed E-state index contributed by atoms with van der Waals surface area (Å²) in [6.45, 7) is -0.0543. The van der Waals surface area contributed by atoms with Gasteiger partial charge in [0.05, 0.1) is 13.2 Å². The van der Waals surface area contributed by atoms with Gasteiger partial charge in [-0.25, -0.2) is 8.42 Å². The van der Waals surface area contributed by atoms with E-state index < -0.39 is 38.8 Å². The number of carbonyl (C=O) groups is 3. The minimum absolute atomic E-state index is 0.0543. The van der Waals surface area contributed by atoms with Gasteiger partial charge in [0.25, 0.3) is 5.91 Å². The van der Waals surface area contributed by atoms with Crippen LogP contribution in [0.3, 0.4) is 0 Å². The van der Waals surface area contributed by atoms with Crippen molar-refractivity contribution < 1.29 is 32.6 Å². The van der Waals surface area contributed by atoms with E-state index in [9.17, 15) is 27.9 Å². The first-order valence-electron chi connectivity index (χ1n) is 7.54. The van der Waals surface area contributed by atoms with Crippen LogP contribution in [-0.4, -0.2) is 56.1 Å². The standard InChI is InChI=1S/C16H19NO7S/c1-24-11-7-5-10(6-8-11)13-15(25(2,22)23)14(20)16(21)17(13)9-3-4-12(18)19/h5-8,13,15H,3-4,9H2,1-2H3,(H,18,19)/p-1/t13-,15-/m1/s1. The number of carbonyl (C=O) groups excluding carboxylic acids is 3. The van der Waals surface area contributed by atoms with Crippen LogP contribution in [0.25, 0.3) is 0 Å². The molecular formula is C16H18NO7S-. The molecule has 2 atom stereocenters. The first-order chi connectivity index (χ1) is 11.7. The Labute approximate surface area is 145 Å². The van der Waals surface area contributed by atoms with E-state index in [2.05, 4.69) is 0 Å². The summed E-state index contributed by atoms with van der Waals surface area (Å²) in [5, 5.41) is 9.06. The Hall–Kier alpha value is -2.42. The van der Waals surface area contributed by atoms with Crippen LogP contribution in [0.4, 0.5) is 0 Å². The van der Waals surface area contributed by atoms with Crippen LogP contribution in [0.5, 0.6) is 5.75 Å². The fraction of sp³-hybridized carbons (Fsp3) is 0.438. The number of Topliss-reactive ketones (excluding diaryl/α,β-unsaturated/α-hetero) is 1. The number of sulfone groups is 1. The van der Waals surface area contributed by atoms with Crippen molar-refractivity contribution in [1.29, 1.82) is 0 Å². The fourth-order valence-electron chi connectivity index (χ4n) is 2.92. The molecule has 0 radical (unpaired) electrons. The third-order valence-corrected chi connectivity index (χ3v) is 5.45. The molecule has 2 rings (SSSR count). The minimum Gasteiger partial charge on any atom is -0.550 e. The zero-order valence-corrected chi connectivity index (χ0v) is 14.6. The van der Waals surface area contributed by atoms with Crippen molar-refractivity contribution >= 4 is 27.5 Å². The molecule has 1 aromatic rings. The smallest absolute Gasteiger partial charge is 0.292 e. The summed E-state index contributed by atoms with van der Waals surface area (Å²) < 4.78 is 29.2. The van der Waals surface area contributed by atoms with Crippen LogP contribution in [0.15, 0.2) is 24.3 Å². The Morgan fingerprint density at radius 2 is 1.84 bits per heavy atom. The van der Waals surface area contributed by atoms with Crippen molar-refractivity contribution in [2.24, 2.45) is 0 Å². The highest BCUT2D eigenvalue weighted by molar-refractivity contribution is 7.92. The van der Waals surface area contributed by atoms with Crippen LogP contribution in [0.2, 0.25) is 0 Å². The topological polar surface area (TPSA) is 121 Å². The number of hydrogen-bond acceptors (Lipinski definition) is 7. The number of ether oxygens (including phenoxy) is 1. The van der Waals surface area contributed by atoms with Crippen molar-refractivity contribution in [3.63, 3.8) is 0 Å². The predicted octanol–water partition coefficient (Wildman–Crippen LogP) is -0.909. The Balaban J connectivity index is 2.42. The molecule has 1 aliphatic heterocycles. The molecule has 0 spiro atoms. The van der Waals surface area contributed by atoms with E-state index in [1.807, 2.05) is 0 Å². The number of amides is 1. The summed E-state index contributed by atoms with van der Waals surface area (Å²) in [5.74, 6) is -2.66. The lowest BCUT2D eigenvalue weighted by Gasteiger charge is -2.27. The Kier molecular flexibility index (Phi) is 5.46. The number of methoxy groups -OCH3 is 1. The molecule has 0 aromatic heterocycles. The van der Waals surface area contributed by atoms with Crippen LogP contribution >= 0.6 is 0 Å². The fourth-order valence-corrected chi connectivity index (χ4v) is 4.18. The molecule has 9 heteroatoms. The summed E-state index contributed by atoms with van der Waals surface area (Å²) >= 11 is 0. The lowest BCUT2D eigenvalue weighted by Crippen LogP contribution is -2.34. The molecule has 0 bridgehead atoms. The second kappa shape index (κ2) is 7.22. The molecule has 0 saturated carbocycles. The normalized spacial score (nSPS) is 20.8. The number of likely N-dealkylation sites (tertiary alicyclic amines) is 1. The lowest BCUT2D eigenvalue weighted by atomic mass is 10.0. The molecule has 1 heterocycles. The van der Waals surface area contributed by atoms with E-state index in [-0.39, 0.29) is 19.4 Å². The number of carboxylic acids is 1. The number of ketones is 1. The molecule has 0 N–H and O–H groups in total. The van der Waals surface area contributed by atoms with E-state index in [1.165, 1.54) is 7.11 Å². The van der Waals surface area contributed by atoms with Crippen LogP contribution in [0.1, 0.15) is 24.4 Å². The zero-order valence-electron chi connectivity index (χ0n) is 13.8. The first kappa shape index (κ1) is 18.9. The van der Waals surface area contributed by atoms with Gasteiger partial charge >= 0.3 is 0 Å². The number of benzene rings is 1. The summed E-state index contributed by atoms with van der Waals surface area (Å²) in [6, 6.07) is 5.36. The SMILES string of the molecule is COc1ccc([C@@H]2[C@@H](S(C)(=O)=O)C(=O)C(=O)N2CCCC(=O)[O-])cc1. The quantitative estimate of drug-likeness (QED) is 0.571. The van der Waals surface area contributed by atoms with E-state index in [4.69, 9.17) is 4.74 Å². The first-order valence-corrected chi connectivity index (χ1v) is 9.49. The van der Waals surface area contributed by atoms with Crippen LogP contribution in [-0.2, 0) is 24.2 Å². The molecule has 1 fully saturated rings. The third-order valence-electron chi connectivity index (χ3n) is 4.05. The Morgan fingerprint density at radius 3 is 2.32 bits per heavy atom. The van der Waals surface area contributed by atoms with Crippen LogP contribution in [0, 0.1) is 0 Å². The largest absolute Gasteiger partial charge is 0.550 e. The second-order valence-electron chi connectivity index (χ2n) is 5.81. The molecule has 8 nitrogen and oxygen atoms in total. The van der Waals surface area contributed by atoms with E-state index in [0.717, 1.165) is 11.2 Å². The second-order valence-corrected chi connectivity index (χ2v) is 7.97. The van der Waals surface area contributed by atoms with Gasteiger partial charge in [0, 0.05) is 18.8 Å². The maximum absolute atomic E-state index is 12.3. The van der Waals surface area contributed by atoms with Crippen molar-refractivity contribution in [3.8, 4) is 5.75 Å².